The van der Waals surface area contributed by atoms with E-state index >= 15 is 0 Å². The van der Waals surface area contributed by atoms with Gasteiger partial charge in [-0.15, -0.1) is 0 Å². The standard InChI is InChI=1S/C28H30Cl2N2O2/c1-19(2)31-28(34)26(16-21-7-5-4-6-8-21)32(18-23-13-14-24(29)25(30)15-23)27(33)17-22-11-9-20(3)10-12-22/h4-15,19,26H,16-18H2,1-3H3,(H,31,34)/t26-/m0/s1. The van der Waals surface area contributed by atoms with E-state index in [-0.39, 0.29) is 30.8 Å². The fourth-order valence-electron chi connectivity index (χ4n) is 3.75. The van der Waals surface area contributed by atoms with Crippen LogP contribution in [0.3, 0.4) is 0 Å². The third-order valence-electron chi connectivity index (χ3n) is 5.51. The Morgan fingerprint density at radius 3 is 2.12 bits per heavy atom. The molecule has 3 aromatic rings. The summed E-state index contributed by atoms with van der Waals surface area (Å²) in [4.78, 5) is 28.7. The van der Waals surface area contributed by atoms with Gasteiger partial charge in [0.25, 0.3) is 0 Å². The molecule has 0 heterocycles. The van der Waals surface area contributed by atoms with Gasteiger partial charge in [-0.25, -0.2) is 0 Å². The minimum atomic E-state index is -0.683. The summed E-state index contributed by atoms with van der Waals surface area (Å²) < 4.78 is 0. The number of hydrogen-bond acceptors (Lipinski definition) is 2. The van der Waals surface area contributed by atoms with Crippen molar-refractivity contribution in [2.24, 2.45) is 0 Å². The average Bonchev–Trinajstić information content (AvgIpc) is 2.80. The van der Waals surface area contributed by atoms with Crippen LogP contribution in [0.15, 0.2) is 72.8 Å². The lowest BCUT2D eigenvalue weighted by Gasteiger charge is -2.32. The van der Waals surface area contributed by atoms with E-state index < -0.39 is 6.04 Å². The van der Waals surface area contributed by atoms with Crippen molar-refractivity contribution in [1.29, 1.82) is 0 Å². The number of hydrogen-bond donors (Lipinski definition) is 1. The van der Waals surface area contributed by atoms with Gasteiger partial charge in [-0.1, -0.05) is 89.4 Å². The Morgan fingerprint density at radius 1 is 0.853 bits per heavy atom. The normalized spacial score (nSPS) is 11.8. The van der Waals surface area contributed by atoms with Gasteiger partial charge >= 0.3 is 0 Å². The minimum absolute atomic E-state index is 0.0511. The summed E-state index contributed by atoms with van der Waals surface area (Å²) in [5.74, 6) is -0.314. The molecule has 1 N–H and O–H groups in total. The van der Waals surface area contributed by atoms with Gasteiger partial charge in [-0.3, -0.25) is 9.59 Å². The molecular weight excluding hydrogens is 467 g/mol. The quantitative estimate of drug-likeness (QED) is 0.394. The van der Waals surface area contributed by atoms with Crippen LogP contribution in [-0.4, -0.2) is 28.8 Å². The van der Waals surface area contributed by atoms with E-state index in [2.05, 4.69) is 5.32 Å². The molecule has 2 amide bonds. The zero-order valence-electron chi connectivity index (χ0n) is 19.7. The first-order chi connectivity index (χ1) is 16.2. The highest BCUT2D eigenvalue weighted by Gasteiger charge is 2.30. The molecule has 0 unspecified atom stereocenters. The molecule has 0 aliphatic rings. The maximum atomic E-state index is 13.7. The lowest BCUT2D eigenvalue weighted by Crippen LogP contribution is -2.52. The zero-order valence-corrected chi connectivity index (χ0v) is 21.2. The Kier molecular flexibility index (Phi) is 9.14. The topological polar surface area (TPSA) is 49.4 Å². The highest BCUT2D eigenvalue weighted by molar-refractivity contribution is 6.42. The van der Waals surface area contributed by atoms with Crippen molar-refractivity contribution in [1.82, 2.24) is 10.2 Å². The van der Waals surface area contributed by atoms with Crippen molar-refractivity contribution in [3.05, 3.63) is 105 Å². The van der Waals surface area contributed by atoms with Crippen molar-refractivity contribution in [3.8, 4) is 0 Å². The van der Waals surface area contributed by atoms with E-state index in [1.807, 2.05) is 81.4 Å². The lowest BCUT2D eigenvalue weighted by atomic mass is 10.0. The lowest BCUT2D eigenvalue weighted by molar-refractivity contribution is -0.141. The number of benzene rings is 3. The Labute approximate surface area is 211 Å². The van der Waals surface area contributed by atoms with Crippen molar-refractivity contribution in [2.45, 2.75) is 52.2 Å². The molecule has 1 atom stereocenters. The van der Waals surface area contributed by atoms with Gasteiger partial charge in [0, 0.05) is 19.0 Å². The van der Waals surface area contributed by atoms with Crippen LogP contribution in [0, 0.1) is 6.92 Å². The van der Waals surface area contributed by atoms with Crippen LogP contribution in [0.25, 0.3) is 0 Å². The fourth-order valence-corrected chi connectivity index (χ4v) is 4.07. The molecule has 0 bridgehead atoms. The number of halogens is 2. The predicted molar refractivity (Wildman–Crippen MR) is 139 cm³/mol. The Balaban J connectivity index is 1.98. The Bertz CT molecular complexity index is 1120. The van der Waals surface area contributed by atoms with Gasteiger partial charge in [0.1, 0.15) is 6.04 Å². The first-order valence-electron chi connectivity index (χ1n) is 11.4. The first kappa shape index (κ1) is 25.8. The molecule has 4 nitrogen and oxygen atoms in total. The first-order valence-corrected chi connectivity index (χ1v) is 12.1. The number of nitrogens with zero attached hydrogens (tertiary/aromatic N) is 1. The molecule has 0 aromatic heterocycles. The third kappa shape index (κ3) is 7.34. The molecule has 0 saturated carbocycles. The molecule has 6 heteroatoms. The van der Waals surface area contributed by atoms with Gasteiger partial charge < -0.3 is 10.2 Å². The van der Waals surface area contributed by atoms with Crippen LogP contribution in [-0.2, 0) is 29.0 Å². The van der Waals surface area contributed by atoms with Crippen molar-refractivity contribution in [2.75, 3.05) is 0 Å². The molecule has 3 rings (SSSR count). The third-order valence-corrected chi connectivity index (χ3v) is 6.25. The van der Waals surface area contributed by atoms with Crippen LogP contribution in [0.4, 0.5) is 0 Å². The van der Waals surface area contributed by atoms with E-state index in [0.29, 0.717) is 16.5 Å². The maximum Gasteiger partial charge on any atom is 0.243 e. The predicted octanol–water partition coefficient (Wildman–Crippen LogP) is 6.01. The van der Waals surface area contributed by atoms with Crippen LogP contribution in [0.2, 0.25) is 10.0 Å². The molecule has 0 saturated heterocycles. The number of carbonyl (C=O) groups is 2. The van der Waals surface area contributed by atoms with Gasteiger partial charge in [0.05, 0.1) is 16.5 Å². The average molecular weight is 497 g/mol. The largest absolute Gasteiger partial charge is 0.352 e. The number of carbonyl (C=O) groups excluding carboxylic acids is 2. The molecule has 0 radical (unpaired) electrons. The van der Waals surface area contributed by atoms with E-state index in [1.165, 1.54) is 0 Å². The molecular formula is C28H30Cl2N2O2. The number of amides is 2. The second kappa shape index (κ2) is 12.0. The van der Waals surface area contributed by atoms with Gasteiger partial charge in [-0.05, 0) is 49.6 Å². The fraction of sp³-hybridized carbons (Fsp3) is 0.286. The van der Waals surface area contributed by atoms with Crippen molar-refractivity contribution in [3.63, 3.8) is 0 Å². The summed E-state index contributed by atoms with van der Waals surface area (Å²) in [6, 6.07) is 22.2. The Morgan fingerprint density at radius 2 is 1.50 bits per heavy atom. The van der Waals surface area contributed by atoms with E-state index in [4.69, 9.17) is 23.2 Å². The van der Waals surface area contributed by atoms with Crippen molar-refractivity contribution < 1.29 is 9.59 Å². The summed E-state index contributed by atoms with van der Waals surface area (Å²) >= 11 is 12.3. The van der Waals surface area contributed by atoms with Gasteiger partial charge in [-0.2, -0.15) is 0 Å². The smallest absolute Gasteiger partial charge is 0.243 e. The van der Waals surface area contributed by atoms with E-state index in [0.717, 1.165) is 22.3 Å². The second-order valence-corrected chi connectivity index (χ2v) is 9.62. The van der Waals surface area contributed by atoms with Crippen molar-refractivity contribution >= 4 is 35.0 Å². The molecule has 0 aliphatic heterocycles. The summed E-state index contributed by atoms with van der Waals surface area (Å²) in [5, 5.41) is 3.86. The SMILES string of the molecule is Cc1ccc(CC(=O)N(Cc2ccc(Cl)c(Cl)c2)[C@@H](Cc2ccccc2)C(=O)NC(C)C)cc1. The summed E-state index contributed by atoms with van der Waals surface area (Å²) in [6.45, 7) is 6.07. The molecule has 178 valence electrons. The second-order valence-electron chi connectivity index (χ2n) is 8.80. The summed E-state index contributed by atoms with van der Waals surface area (Å²) in [7, 11) is 0. The van der Waals surface area contributed by atoms with E-state index in [1.54, 1.807) is 17.0 Å². The minimum Gasteiger partial charge on any atom is -0.352 e. The molecule has 3 aromatic carbocycles. The van der Waals surface area contributed by atoms with Gasteiger partial charge in [0.15, 0.2) is 0 Å². The Hall–Kier alpha value is -2.82. The van der Waals surface area contributed by atoms with E-state index in [9.17, 15) is 9.59 Å². The number of nitrogens with one attached hydrogen (secondary N) is 1. The van der Waals surface area contributed by atoms with Gasteiger partial charge in [0.2, 0.25) is 11.8 Å². The molecule has 0 aliphatic carbocycles. The van der Waals surface area contributed by atoms with Crippen LogP contribution < -0.4 is 5.32 Å². The number of aryl methyl sites for hydroxylation is 1. The molecule has 0 spiro atoms. The molecule has 34 heavy (non-hydrogen) atoms. The summed E-state index contributed by atoms with van der Waals surface area (Å²) in [5.41, 5.74) is 3.82. The summed E-state index contributed by atoms with van der Waals surface area (Å²) in [6.07, 6.45) is 0.599. The van der Waals surface area contributed by atoms with Crippen LogP contribution in [0.5, 0.6) is 0 Å². The molecule has 0 fully saturated rings. The number of rotatable bonds is 9. The maximum absolute atomic E-state index is 13.7. The van der Waals surface area contributed by atoms with Crippen LogP contribution >= 0.6 is 23.2 Å². The highest BCUT2D eigenvalue weighted by Crippen LogP contribution is 2.24. The highest BCUT2D eigenvalue weighted by atomic mass is 35.5. The van der Waals surface area contributed by atoms with Crippen LogP contribution in [0.1, 0.15) is 36.1 Å². The zero-order chi connectivity index (χ0) is 24.7. The monoisotopic (exact) mass is 496 g/mol.